The lowest BCUT2D eigenvalue weighted by Crippen LogP contribution is -2.47. The van der Waals surface area contributed by atoms with Crippen LogP contribution in [0.2, 0.25) is 0 Å². The van der Waals surface area contributed by atoms with E-state index in [0.29, 0.717) is 17.3 Å². The summed E-state index contributed by atoms with van der Waals surface area (Å²) in [4.78, 5) is 9.52. The zero-order chi connectivity index (χ0) is 19.3. The average Bonchev–Trinajstić information content (AvgIpc) is 2.66. The summed E-state index contributed by atoms with van der Waals surface area (Å²) < 4.78 is 29.6. The number of aromatic nitrogens is 1. The summed E-state index contributed by atoms with van der Waals surface area (Å²) in [6, 6.07) is 10.7. The second-order valence-electron chi connectivity index (χ2n) is 6.61. The monoisotopic (exact) mass is 453 g/mol. The fraction of sp³-hybridized carbons (Fsp3) is 0.421. The van der Waals surface area contributed by atoms with E-state index in [1.807, 2.05) is 18.3 Å². The van der Waals surface area contributed by atoms with Crippen molar-refractivity contribution in [2.24, 2.45) is 0 Å². The first-order valence-corrected chi connectivity index (χ1v) is 11.6. The summed E-state index contributed by atoms with van der Waals surface area (Å²) in [5.74, 6) is 1.73. The van der Waals surface area contributed by atoms with Crippen LogP contribution >= 0.6 is 15.9 Å². The molecule has 1 aromatic heterocycles. The fourth-order valence-corrected chi connectivity index (χ4v) is 3.88. The molecule has 0 spiro atoms. The maximum atomic E-state index is 11.5. The number of hydrogen-bond acceptors (Lipinski definition) is 6. The van der Waals surface area contributed by atoms with Gasteiger partial charge in [0.1, 0.15) is 11.6 Å². The number of nitrogens with zero attached hydrogens (tertiary/aromatic N) is 3. The molecule has 0 amide bonds. The van der Waals surface area contributed by atoms with E-state index in [1.165, 1.54) is 6.26 Å². The van der Waals surface area contributed by atoms with Gasteiger partial charge in [0, 0.05) is 49.6 Å². The van der Waals surface area contributed by atoms with Gasteiger partial charge >= 0.3 is 0 Å². The summed E-state index contributed by atoms with van der Waals surface area (Å²) in [7, 11) is -3.16. The summed E-state index contributed by atoms with van der Waals surface area (Å²) in [6.45, 7) is 5.59. The fourth-order valence-electron chi connectivity index (χ4n) is 3.02. The van der Waals surface area contributed by atoms with Crippen LogP contribution in [0.3, 0.4) is 0 Å². The number of piperazine rings is 1. The molecule has 2 heterocycles. The molecule has 0 saturated carbocycles. The van der Waals surface area contributed by atoms with Gasteiger partial charge in [-0.3, -0.25) is 4.90 Å². The van der Waals surface area contributed by atoms with Crippen LogP contribution in [-0.4, -0.2) is 63.9 Å². The van der Waals surface area contributed by atoms with Crippen LogP contribution in [0, 0.1) is 0 Å². The third kappa shape index (κ3) is 5.92. The lowest BCUT2D eigenvalue weighted by atomic mass is 10.3. The van der Waals surface area contributed by atoms with Gasteiger partial charge in [-0.1, -0.05) is 0 Å². The number of halogens is 1. The zero-order valence-corrected chi connectivity index (χ0v) is 17.7. The number of ether oxygens (including phenoxy) is 1. The number of rotatable bonds is 7. The van der Waals surface area contributed by atoms with Gasteiger partial charge in [-0.25, -0.2) is 13.4 Å². The number of sulfone groups is 1. The molecular weight excluding hydrogens is 430 g/mol. The van der Waals surface area contributed by atoms with Crippen molar-refractivity contribution in [1.82, 2.24) is 9.88 Å². The van der Waals surface area contributed by atoms with Crippen LogP contribution in [-0.2, 0) is 9.84 Å². The lowest BCUT2D eigenvalue weighted by molar-refractivity contribution is 0.224. The molecule has 0 bridgehead atoms. The molecule has 27 heavy (non-hydrogen) atoms. The van der Waals surface area contributed by atoms with Crippen molar-refractivity contribution in [2.45, 2.75) is 11.3 Å². The second-order valence-corrected chi connectivity index (χ2v) is 9.54. The first-order chi connectivity index (χ1) is 12.9. The van der Waals surface area contributed by atoms with E-state index < -0.39 is 9.84 Å². The van der Waals surface area contributed by atoms with Gasteiger partial charge in [0.15, 0.2) is 9.84 Å². The van der Waals surface area contributed by atoms with Gasteiger partial charge < -0.3 is 9.64 Å². The van der Waals surface area contributed by atoms with Crippen molar-refractivity contribution >= 4 is 31.6 Å². The minimum atomic E-state index is -3.16. The predicted octanol–water partition coefficient (Wildman–Crippen LogP) is 2.84. The molecule has 2 aromatic rings. The van der Waals surface area contributed by atoms with Crippen molar-refractivity contribution in [3.05, 3.63) is 47.1 Å². The molecule has 1 aliphatic heterocycles. The van der Waals surface area contributed by atoms with Gasteiger partial charge in [0.05, 0.1) is 11.5 Å². The number of anilines is 1. The van der Waals surface area contributed by atoms with Gasteiger partial charge in [-0.2, -0.15) is 0 Å². The third-order valence-corrected chi connectivity index (χ3v) is 6.14. The van der Waals surface area contributed by atoms with Gasteiger partial charge in [-0.05, 0) is 58.7 Å². The molecule has 1 fully saturated rings. The Morgan fingerprint density at radius 1 is 1.07 bits per heavy atom. The van der Waals surface area contributed by atoms with Crippen molar-refractivity contribution < 1.29 is 13.2 Å². The Kier molecular flexibility index (Phi) is 6.73. The standard InChI is InChI=1S/C19H24BrN3O3S/c1-27(24,25)18-6-4-17(5-7-18)26-14-2-9-22-10-12-23(13-11-22)19-8-3-16(20)15-21-19/h3-8,15H,2,9-14H2,1H3. The first kappa shape index (κ1) is 20.1. The minimum Gasteiger partial charge on any atom is -0.494 e. The number of hydrogen-bond donors (Lipinski definition) is 0. The normalized spacial score (nSPS) is 15.7. The summed E-state index contributed by atoms with van der Waals surface area (Å²) in [5.41, 5.74) is 0. The quantitative estimate of drug-likeness (QED) is 0.600. The Labute approximate surface area is 169 Å². The average molecular weight is 454 g/mol. The lowest BCUT2D eigenvalue weighted by Gasteiger charge is -2.35. The summed E-state index contributed by atoms with van der Waals surface area (Å²) in [6.07, 6.45) is 3.97. The van der Waals surface area contributed by atoms with Gasteiger partial charge in [0.2, 0.25) is 0 Å². The van der Waals surface area contributed by atoms with E-state index in [1.54, 1.807) is 24.3 Å². The molecule has 8 heteroatoms. The van der Waals surface area contributed by atoms with Crippen molar-refractivity contribution in [3.63, 3.8) is 0 Å². The van der Waals surface area contributed by atoms with Gasteiger partial charge in [0.25, 0.3) is 0 Å². The third-order valence-electron chi connectivity index (χ3n) is 4.55. The minimum absolute atomic E-state index is 0.313. The van der Waals surface area contributed by atoms with Crippen molar-refractivity contribution in [1.29, 1.82) is 0 Å². The first-order valence-electron chi connectivity index (χ1n) is 8.93. The summed E-state index contributed by atoms with van der Waals surface area (Å²) >= 11 is 3.42. The molecular formula is C19H24BrN3O3S. The zero-order valence-electron chi connectivity index (χ0n) is 15.3. The van der Waals surface area contributed by atoms with Crippen LogP contribution in [0.5, 0.6) is 5.75 Å². The van der Waals surface area contributed by atoms with E-state index >= 15 is 0 Å². The Bertz CT molecular complexity index is 834. The maximum Gasteiger partial charge on any atom is 0.175 e. The molecule has 1 aromatic carbocycles. The molecule has 0 aliphatic carbocycles. The van der Waals surface area contributed by atoms with Crippen LogP contribution in [0.4, 0.5) is 5.82 Å². The Morgan fingerprint density at radius 3 is 2.37 bits per heavy atom. The molecule has 3 rings (SSSR count). The molecule has 0 radical (unpaired) electrons. The second kappa shape index (κ2) is 9.03. The molecule has 0 N–H and O–H groups in total. The smallest absolute Gasteiger partial charge is 0.175 e. The highest BCUT2D eigenvalue weighted by molar-refractivity contribution is 9.10. The van der Waals surface area contributed by atoms with Crippen LogP contribution in [0.15, 0.2) is 52.0 Å². The van der Waals surface area contributed by atoms with Crippen molar-refractivity contribution in [2.75, 3.05) is 50.5 Å². The summed E-state index contributed by atoms with van der Waals surface area (Å²) in [5, 5.41) is 0. The number of pyridine rings is 1. The maximum absolute atomic E-state index is 11.5. The van der Waals surface area contributed by atoms with Crippen LogP contribution < -0.4 is 9.64 Å². The SMILES string of the molecule is CS(=O)(=O)c1ccc(OCCCN2CCN(c3ccc(Br)cn3)CC2)cc1. The Morgan fingerprint density at radius 2 is 1.78 bits per heavy atom. The molecule has 1 saturated heterocycles. The Balaban J connectivity index is 1.36. The molecule has 0 atom stereocenters. The molecule has 146 valence electrons. The van der Waals surface area contributed by atoms with Crippen molar-refractivity contribution in [3.8, 4) is 5.75 Å². The number of benzene rings is 1. The highest BCUT2D eigenvalue weighted by atomic mass is 79.9. The van der Waals surface area contributed by atoms with Crippen LogP contribution in [0.25, 0.3) is 0 Å². The molecule has 6 nitrogen and oxygen atoms in total. The molecule has 1 aliphatic rings. The van der Waals surface area contributed by atoms with Gasteiger partial charge in [-0.15, -0.1) is 0 Å². The highest BCUT2D eigenvalue weighted by Crippen LogP contribution is 2.17. The van der Waals surface area contributed by atoms with E-state index in [9.17, 15) is 8.42 Å². The van der Waals surface area contributed by atoms with E-state index in [4.69, 9.17) is 4.74 Å². The Hall–Kier alpha value is -1.64. The van der Waals surface area contributed by atoms with E-state index in [-0.39, 0.29) is 0 Å². The largest absolute Gasteiger partial charge is 0.494 e. The predicted molar refractivity (Wildman–Crippen MR) is 110 cm³/mol. The highest BCUT2D eigenvalue weighted by Gasteiger charge is 2.17. The van der Waals surface area contributed by atoms with E-state index in [2.05, 4.69) is 30.7 Å². The molecule has 0 unspecified atom stereocenters. The van der Waals surface area contributed by atoms with E-state index in [0.717, 1.165) is 49.4 Å². The topological polar surface area (TPSA) is 62.7 Å². The van der Waals surface area contributed by atoms with Crippen LogP contribution in [0.1, 0.15) is 6.42 Å².